The average Bonchev–Trinajstić information content (AvgIpc) is 3.66. The van der Waals surface area contributed by atoms with Crippen LogP contribution in [0.2, 0.25) is 0 Å². The molecular formula is C45H54Cl2Zr. The summed E-state index contributed by atoms with van der Waals surface area (Å²) in [5, 5.41) is 0. The number of hydrogen-bond donors (Lipinski definition) is 0. The van der Waals surface area contributed by atoms with Crippen LogP contribution in [0.5, 0.6) is 0 Å². The van der Waals surface area contributed by atoms with Gasteiger partial charge in [-0.1, -0.05) is 0 Å². The van der Waals surface area contributed by atoms with E-state index in [1.165, 1.54) is 33.4 Å². The molecule has 0 aliphatic heterocycles. The molecule has 6 rings (SSSR count). The predicted octanol–water partition coefficient (Wildman–Crippen LogP) is 12.8. The zero-order valence-corrected chi connectivity index (χ0v) is 34.7. The molecule has 0 unspecified atom stereocenters. The zero-order chi connectivity index (χ0) is 33.1. The van der Waals surface area contributed by atoms with Gasteiger partial charge in [-0.15, -0.1) is 24.8 Å². The minimum absolute atomic E-state index is 0. The maximum atomic E-state index is 2.55. The van der Waals surface area contributed by atoms with Crippen LogP contribution in [0.25, 0.3) is 11.1 Å². The van der Waals surface area contributed by atoms with Gasteiger partial charge < -0.3 is 0 Å². The smallest absolute Gasteiger partial charge is 0.147 e. The topological polar surface area (TPSA) is 0 Å². The van der Waals surface area contributed by atoms with Gasteiger partial charge in [-0.25, -0.2) is 0 Å². The molecule has 0 atom stereocenters. The SMILES string of the molecule is CC(C)(C)c1ccc2c(c1)-c1cc(C(C)(C)C)ccc1[CH]2[Zr]([C]1=CC=CC1)=[C](C(C)(C)c1ccccc1)C(C)(C)c1ccccc1.Cl.Cl. The Bertz CT molecular complexity index is 1740. The van der Waals surface area contributed by atoms with Crippen molar-refractivity contribution in [3.8, 4) is 11.1 Å². The molecule has 0 saturated heterocycles. The van der Waals surface area contributed by atoms with Crippen molar-refractivity contribution in [2.24, 2.45) is 0 Å². The van der Waals surface area contributed by atoms with Crippen LogP contribution in [-0.4, -0.2) is 3.21 Å². The summed E-state index contributed by atoms with van der Waals surface area (Å²) in [5.74, 6) is 0. The number of allylic oxidation sites excluding steroid dienone is 4. The van der Waals surface area contributed by atoms with Crippen molar-refractivity contribution in [2.75, 3.05) is 0 Å². The van der Waals surface area contributed by atoms with Crippen LogP contribution >= 0.6 is 24.8 Å². The number of halogens is 2. The molecule has 252 valence electrons. The molecule has 0 saturated carbocycles. The van der Waals surface area contributed by atoms with Crippen molar-refractivity contribution in [1.29, 1.82) is 0 Å². The van der Waals surface area contributed by atoms with Crippen LogP contribution in [-0.2, 0) is 42.9 Å². The molecule has 0 amide bonds. The first-order valence-corrected chi connectivity index (χ1v) is 21.0. The number of fused-ring (bicyclic) bond motifs is 3. The van der Waals surface area contributed by atoms with Crippen LogP contribution < -0.4 is 0 Å². The van der Waals surface area contributed by atoms with Gasteiger partial charge in [0, 0.05) is 0 Å². The van der Waals surface area contributed by atoms with Crippen molar-refractivity contribution in [2.45, 2.75) is 101 Å². The van der Waals surface area contributed by atoms with E-state index in [9.17, 15) is 0 Å². The van der Waals surface area contributed by atoms with Crippen LogP contribution in [0.15, 0.2) is 119 Å². The van der Waals surface area contributed by atoms with Gasteiger partial charge in [-0.3, -0.25) is 0 Å². The Morgan fingerprint density at radius 1 is 0.542 bits per heavy atom. The summed E-state index contributed by atoms with van der Waals surface area (Å²) in [7, 11) is 0. The van der Waals surface area contributed by atoms with E-state index in [1.54, 1.807) is 17.6 Å². The van der Waals surface area contributed by atoms with Crippen molar-refractivity contribution < 1.29 is 21.3 Å². The minimum atomic E-state index is -2.80. The molecule has 0 aromatic heterocycles. The molecule has 0 fully saturated rings. The summed E-state index contributed by atoms with van der Waals surface area (Å²) in [6.45, 7) is 24.2. The maximum Gasteiger partial charge on any atom is -0.147 e. The molecule has 2 aliphatic carbocycles. The molecule has 3 heteroatoms. The van der Waals surface area contributed by atoms with Crippen LogP contribution in [0.4, 0.5) is 0 Å². The second kappa shape index (κ2) is 14.1. The fourth-order valence-electron chi connectivity index (χ4n) is 8.08. The fourth-order valence-corrected chi connectivity index (χ4v) is 18.8. The standard InChI is InChI=1S/C21H25.C19H22.C5H5.2ClH.Zr/c1-20(2,3)16-9-7-14-11-15-8-10-17(21(4,5)6)13-19(15)18(14)12-16;1-18(2,16-11-7-5-8-12-16)15-19(3,4)17-13-9-6-10-14-17;1-2-4-5-3-1;;;/h7-13H,1-6H3;5-14H,1-4H3;1-3H,4H2;2*1H;. The third kappa shape index (κ3) is 7.00. The van der Waals surface area contributed by atoms with E-state index in [2.05, 4.69) is 185 Å². The van der Waals surface area contributed by atoms with Crippen LogP contribution in [0.1, 0.15) is 113 Å². The second-order valence-electron chi connectivity index (χ2n) is 16.6. The Morgan fingerprint density at radius 3 is 1.31 bits per heavy atom. The van der Waals surface area contributed by atoms with Gasteiger partial charge in [-0.05, 0) is 0 Å². The summed E-state index contributed by atoms with van der Waals surface area (Å²) < 4.78 is 3.91. The van der Waals surface area contributed by atoms with Gasteiger partial charge in [0.05, 0.1) is 0 Å². The van der Waals surface area contributed by atoms with E-state index in [-0.39, 0.29) is 46.5 Å². The van der Waals surface area contributed by atoms with Crippen molar-refractivity contribution in [3.63, 3.8) is 0 Å². The Kier molecular flexibility index (Phi) is 11.3. The average molecular weight is 757 g/mol. The Balaban J connectivity index is 0.00000260. The molecule has 0 heterocycles. The quantitative estimate of drug-likeness (QED) is 0.184. The Morgan fingerprint density at radius 2 is 0.958 bits per heavy atom. The van der Waals surface area contributed by atoms with Gasteiger partial charge in [0.1, 0.15) is 0 Å². The molecule has 0 N–H and O–H groups in total. The Labute approximate surface area is 311 Å². The fraction of sp³-hybridized carbons (Fsp3) is 0.356. The molecule has 0 radical (unpaired) electrons. The molecular weight excluding hydrogens is 703 g/mol. The van der Waals surface area contributed by atoms with E-state index >= 15 is 0 Å². The molecule has 4 aromatic carbocycles. The van der Waals surface area contributed by atoms with Gasteiger partial charge in [-0.2, -0.15) is 0 Å². The molecule has 48 heavy (non-hydrogen) atoms. The van der Waals surface area contributed by atoms with E-state index in [0.717, 1.165) is 6.42 Å². The Hall–Kier alpha value is -2.31. The first-order valence-electron chi connectivity index (χ1n) is 17.1. The molecule has 2 aliphatic rings. The van der Waals surface area contributed by atoms with Gasteiger partial charge in [0.2, 0.25) is 0 Å². The van der Waals surface area contributed by atoms with Gasteiger partial charge in [0.25, 0.3) is 0 Å². The number of benzene rings is 4. The van der Waals surface area contributed by atoms with Crippen molar-refractivity contribution in [1.82, 2.24) is 0 Å². The normalized spacial score (nSPS) is 14.4. The summed E-state index contributed by atoms with van der Waals surface area (Å²) in [6, 6.07) is 37.7. The van der Waals surface area contributed by atoms with Crippen LogP contribution in [0, 0.1) is 0 Å². The third-order valence-electron chi connectivity index (χ3n) is 10.7. The predicted molar refractivity (Wildman–Crippen MR) is 211 cm³/mol. The number of hydrogen-bond acceptors (Lipinski definition) is 0. The monoisotopic (exact) mass is 754 g/mol. The minimum Gasteiger partial charge on any atom is -0.147 e. The summed E-state index contributed by atoms with van der Waals surface area (Å²) in [6.07, 6.45) is 8.33. The third-order valence-corrected chi connectivity index (χ3v) is 20.6. The first-order chi connectivity index (χ1) is 21.6. The molecule has 0 nitrogen and oxygen atoms in total. The van der Waals surface area contributed by atoms with Crippen molar-refractivity contribution in [3.05, 3.63) is 152 Å². The van der Waals surface area contributed by atoms with Gasteiger partial charge in [0.15, 0.2) is 0 Å². The van der Waals surface area contributed by atoms with E-state index in [0.29, 0.717) is 3.63 Å². The zero-order valence-electron chi connectivity index (χ0n) is 30.6. The summed E-state index contributed by atoms with van der Waals surface area (Å²) in [4.78, 5) is 0. The largest absolute Gasteiger partial charge is 0.147 e. The maximum absolute atomic E-state index is 2.80. The van der Waals surface area contributed by atoms with E-state index < -0.39 is 21.3 Å². The molecule has 0 spiro atoms. The molecule has 4 aromatic rings. The summed E-state index contributed by atoms with van der Waals surface area (Å²) >= 11 is -2.80. The van der Waals surface area contributed by atoms with E-state index in [1.807, 2.05) is 0 Å². The molecule has 0 bridgehead atoms. The second-order valence-corrected chi connectivity index (χ2v) is 22.9. The van der Waals surface area contributed by atoms with E-state index in [4.69, 9.17) is 0 Å². The summed E-state index contributed by atoms with van der Waals surface area (Å²) in [5.41, 5.74) is 11.7. The number of rotatable bonds is 6. The van der Waals surface area contributed by atoms with Crippen LogP contribution in [0.3, 0.4) is 0 Å². The van der Waals surface area contributed by atoms with Crippen molar-refractivity contribution >= 4 is 28.0 Å². The van der Waals surface area contributed by atoms with Gasteiger partial charge >= 0.3 is 288 Å². The first kappa shape index (κ1) is 38.5.